The van der Waals surface area contributed by atoms with Crippen molar-refractivity contribution in [2.24, 2.45) is 0 Å². The van der Waals surface area contributed by atoms with Crippen LogP contribution in [0.3, 0.4) is 0 Å². The molecule has 2 N–H and O–H groups in total. The molecule has 5 rings (SSSR count). The molecule has 0 fully saturated rings. The number of benzene rings is 3. The summed E-state index contributed by atoms with van der Waals surface area (Å²) in [4.78, 5) is 25.3. The number of fused-ring (bicyclic) bond motifs is 1. The highest BCUT2D eigenvalue weighted by atomic mass is 16.5. The van der Waals surface area contributed by atoms with Crippen LogP contribution in [-0.4, -0.2) is 27.7 Å². The van der Waals surface area contributed by atoms with E-state index in [1.54, 1.807) is 36.0 Å². The number of nitrogens with zero attached hydrogens (tertiary/aromatic N) is 2. The van der Waals surface area contributed by atoms with E-state index in [0.29, 0.717) is 28.4 Å². The van der Waals surface area contributed by atoms with Crippen LogP contribution in [0.1, 0.15) is 22.8 Å². The number of amides is 2. The van der Waals surface area contributed by atoms with Crippen molar-refractivity contribution < 1.29 is 14.3 Å². The fraction of sp³-hybridized carbons (Fsp3) is 0.115. The lowest BCUT2D eigenvalue weighted by Crippen LogP contribution is -2.34. The van der Waals surface area contributed by atoms with Crippen molar-refractivity contribution in [1.82, 2.24) is 9.78 Å². The first-order valence-corrected chi connectivity index (χ1v) is 10.6. The molecular weight excluding hydrogens is 416 g/mol. The standard InChI is InChI=1S/C26H22N4O3/c1-16-8-6-7-11-20(16)24-21(15-30(29-24)19-9-4-3-5-10-19)26(32)27-18-12-13-23-22(14-18)28-25(31)17(2)33-23/h3-15,17H,1-2H3,(H,27,32)(H,28,31)/t17-/m0/s1. The number of ether oxygens (including phenoxy) is 1. The van der Waals surface area contributed by atoms with Gasteiger partial charge in [0.15, 0.2) is 6.10 Å². The van der Waals surface area contributed by atoms with Crippen LogP contribution in [-0.2, 0) is 4.79 Å². The second kappa shape index (κ2) is 8.27. The van der Waals surface area contributed by atoms with Crippen LogP contribution in [0.25, 0.3) is 16.9 Å². The molecule has 3 aromatic carbocycles. The molecule has 164 valence electrons. The maximum absolute atomic E-state index is 13.4. The van der Waals surface area contributed by atoms with Gasteiger partial charge in [0.2, 0.25) is 0 Å². The maximum Gasteiger partial charge on any atom is 0.265 e. The van der Waals surface area contributed by atoms with Crippen LogP contribution < -0.4 is 15.4 Å². The summed E-state index contributed by atoms with van der Waals surface area (Å²) in [5.74, 6) is 0.0429. The van der Waals surface area contributed by atoms with E-state index in [1.165, 1.54) is 0 Å². The lowest BCUT2D eigenvalue weighted by atomic mass is 10.0. The number of hydrogen-bond donors (Lipinski definition) is 2. The Morgan fingerprint density at radius 2 is 1.82 bits per heavy atom. The first-order chi connectivity index (χ1) is 16.0. The van der Waals surface area contributed by atoms with Crippen LogP contribution in [0, 0.1) is 6.92 Å². The van der Waals surface area contributed by atoms with Crippen molar-refractivity contribution >= 4 is 23.2 Å². The minimum absolute atomic E-state index is 0.225. The Balaban J connectivity index is 1.51. The molecule has 4 aromatic rings. The number of aryl methyl sites for hydroxylation is 1. The van der Waals surface area contributed by atoms with Crippen LogP contribution in [0.2, 0.25) is 0 Å². The fourth-order valence-corrected chi connectivity index (χ4v) is 3.78. The van der Waals surface area contributed by atoms with Gasteiger partial charge in [-0.15, -0.1) is 0 Å². The normalized spacial score (nSPS) is 14.7. The lowest BCUT2D eigenvalue weighted by Gasteiger charge is -2.23. The van der Waals surface area contributed by atoms with Gasteiger partial charge in [-0.25, -0.2) is 4.68 Å². The Morgan fingerprint density at radius 1 is 1.06 bits per heavy atom. The molecular formula is C26H22N4O3. The Bertz CT molecular complexity index is 1360. The summed E-state index contributed by atoms with van der Waals surface area (Å²) in [5.41, 5.74) is 4.87. The molecule has 7 nitrogen and oxygen atoms in total. The van der Waals surface area contributed by atoms with Gasteiger partial charge in [-0.2, -0.15) is 5.10 Å². The Labute approximate surface area is 191 Å². The number of nitrogens with one attached hydrogen (secondary N) is 2. The van der Waals surface area contributed by atoms with E-state index in [9.17, 15) is 9.59 Å². The van der Waals surface area contributed by atoms with Gasteiger partial charge in [0, 0.05) is 17.4 Å². The number of carbonyl (C=O) groups excluding carboxylic acids is 2. The van der Waals surface area contributed by atoms with E-state index in [4.69, 9.17) is 9.84 Å². The number of rotatable bonds is 4. The summed E-state index contributed by atoms with van der Waals surface area (Å²) in [6.07, 6.45) is 1.18. The molecule has 0 aliphatic carbocycles. The Kier molecular flexibility index (Phi) is 5.14. The van der Waals surface area contributed by atoms with E-state index in [2.05, 4.69) is 10.6 Å². The summed E-state index contributed by atoms with van der Waals surface area (Å²) in [6, 6.07) is 22.6. The highest BCUT2D eigenvalue weighted by Crippen LogP contribution is 2.33. The Hall–Kier alpha value is -4.39. The quantitative estimate of drug-likeness (QED) is 0.478. The number of para-hydroxylation sites is 1. The molecule has 1 aliphatic rings. The molecule has 0 bridgehead atoms. The van der Waals surface area contributed by atoms with Crippen LogP contribution in [0.15, 0.2) is 79.0 Å². The third-order valence-corrected chi connectivity index (χ3v) is 5.55. The zero-order chi connectivity index (χ0) is 22.9. The predicted molar refractivity (Wildman–Crippen MR) is 127 cm³/mol. The molecule has 33 heavy (non-hydrogen) atoms. The third kappa shape index (κ3) is 3.96. The number of aromatic nitrogens is 2. The van der Waals surface area contributed by atoms with Gasteiger partial charge in [-0.1, -0.05) is 42.5 Å². The van der Waals surface area contributed by atoms with Gasteiger partial charge in [0.1, 0.15) is 11.4 Å². The topological polar surface area (TPSA) is 85.3 Å². The molecule has 0 saturated carbocycles. The molecule has 1 aliphatic heterocycles. The number of hydrogen-bond acceptors (Lipinski definition) is 4. The lowest BCUT2D eigenvalue weighted by molar-refractivity contribution is -0.122. The summed E-state index contributed by atoms with van der Waals surface area (Å²) < 4.78 is 7.30. The van der Waals surface area contributed by atoms with Crippen molar-refractivity contribution in [3.05, 3.63) is 90.1 Å². The molecule has 1 atom stereocenters. The van der Waals surface area contributed by atoms with Gasteiger partial charge in [-0.3, -0.25) is 9.59 Å². The minimum atomic E-state index is -0.557. The van der Waals surface area contributed by atoms with Crippen molar-refractivity contribution in [2.75, 3.05) is 10.6 Å². The van der Waals surface area contributed by atoms with Gasteiger partial charge < -0.3 is 15.4 Å². The Morgan fingerprint density at radius 3 is 2.61 bits per heavy atom. The average molecular weight is 438 g/mol. The van der Waals surface area contributed by atoms with Crippen LogP contribution in [0.5, 0.6) is 5.75 Å². The highest BCUT2D eigenvalue weighted by molar-refractivity contribution is 6.09. The molecule has 7 heteroatoms. The van der Waals surface area contributed by atoms with E-state index < -0.39 is 6.10 Å². The smallest absolute Gasteiger partial charge is 0.265 e. The maximum atomic E-state index is 13.4. The average Bonchev–Trinajstić information content (AvgIpc) is 3.26. The van der Waals surface area contributed by atoms with Crippen LogP contribution >= 0.6 is 0 Å². The highest BCUT2D eigenvalue weighted by Gasteiger charge is 2.24. The van der Waals surface area contributed by atoms with Gasteiger partial charge >= 0.3 is 0 Å². The van der Waals surface area contributed by atoms with Crippen LogP contribution in [0.4, 0.5) is 11.4 Å². The largest absolute Gasteiger partial charge is 0.479 e. The van der Waals surface area contributed by atoms with E-state index in [-0.39, 0.29) is 11.8 Å². The molecule has 2 heterocycles. The zero-order valence-corrected chi connectivity index (χ0v) is 18.2. The van der Waals surface area contributed by atoms with E-state index in [0.717, 1.165) is 16.8 Å². The fourth-order valence-electron chi connectivity index (χ4n) is 3.78. The van der Waals surface area contributed by atoms with Gasteiger partial charge in [0.25, 0.3) is 11.8 Å². The molecule has 1 aromatic heterocycles. The molecule has 0 spiro atoms. The first kappa shape index (κ1) is 20.5. The number of carbonyl (C=O) groups is 2. The summed E-state index contributed by atoms with van der Waals surface area (Å²) >= 11 is 0. The second-order valence-corrected chi connectivity index (χ2v) is 7.90. The SMILES string of the molecule is Cc1ccccc1-c1nn(-c2ccccc2)cc1C(=O)Nc1ccc2c(c1)NC(=O)[C@H](C)O2. The van der Waals surface area contributed by atoms with Gasteiger partial charge in [-0.05, 0) is 49.7 Å². The van der Waals surface area contributed by atoms with Gasteiger partial charge in [0.05, 0.1) is 16.9 Å². The molecule has 0 radical (unpaired) electrons. The molecule has 0 unspecified atom stereocenters. The van der Waals surface area contributed by atoms with Crippen molar-refractivity contribution in [2.45, 2.75) is 20.0 Å². The molecule has 2 amide bonds. The zero-order valence-electron chi connectivity index (χ0n) is 18.2. The molecule has 0 saturated heterocycles. The first-order valence-electron chi connectivity index (χ1n) is 10.6. The minimum Gasteiger partial charge on any atom is -0.479 e. The number of anilines is 2. The van der Waals surface area contributed by atoms with E-state index in [1.807, 2.05) is 61.5 Å². The van der Waals surface area contributed by atoms with Crippen molar-refractivity contribution in [1.29, 1.82) is 0 Å². The van der Waals surface area contributed by atoms with Crippen molar-refractivity contribution in [3.63, 3.8) is 0 Å². The summed E-state index contributed by atoms with van der Waals surface area (Å²) in [5, 5.41) is 10.5. The third-order valence-electron chi connectivity index (χ3n) is 5.55. The monoisotopic (exact) mass is 438 g/mol. The van der Waals surface area contributed by atoms with Crippen molar-refractivity contribution in [3.8, 4) is 22.7 Å². The summed E-state index contributed by atoms with van der Waals surface area (Å²) in [7, 11) is 0. The predicted octanol–water partition coefficient (Wildman–Crippen LogP) is 4.82. The van der Waals surface area contributed by atoms with E-state index >= 15 is 0 Å². The second-order valence-electron chi connectivity index (χ2n) is 7.90. The summed E-state index contributed by atoms with van der Waals surface area (Å²) in [6.45, 7) is 3.68.